The SMILES string of the molecule is CNC1CCCCC(c2cnnn2C)C1. The van der Waals surface area contributed by atoms with Crippen LogP contribution in [0.4, 0.5) is 0 Å². The fraction of sp³-hybridized carbons (Fsp3) is 0.818. The maximum Gasteiger partial charge on any atom is 0.0727 e. The molecule has 0 amide bonds. The number of nitrogens with one attached hydrogen (secondary N) is 1. The Kier molecular flexibility index (Phi) is 3.36. The Bertz CT molecular complexity index is 307. The number of aryl methyl sites for hydroxylation is 1. The van der Waals surface area contributed by atoms with Crippen molar-refractivity contribution in [2.24, 2.45) is 7.05 Å². The Balaban J connectivity index is 2.10. The van der Waals surface area contributed by atoms with Crippen molar-refractivity contribution in [3.63, 3.8) is 0 Å². The zero-order valence-corrected chi connectivity index (χ0v) is 9.61. The van der Waals surface area contributed by atoms with Crippen molar-refractivity contribution >= 4 is 0 Å². The van der Waals surface area contributed by atoms with Crippen LogP contribution in [0.2, 0.25) is 0 Å². The van der Waals surface area contributed by atoms with Gasteiger partial charge in [0.25, 0.3) is 0 Å². The summed E-state index contributed by atoms with van der Waals surface area (Å²) in [5, 5.41) is 11.4. The molecule has 1 N–H and O–H groups in total. The maximum atomic E-state index is 4.02. The molecule has 1 saturated carbocycles. The molecular formula is C11H20N4. The average molecular weight is 208 g/mol. The number of hydrogen-bond acceptors (Lipinski definition) is 3. The van der Waals surface area contributed by atoms with E-state index in [9.17, 15) is 0 Å². The highest BCUT2D eigenvalue weighted by atomic mass is 15.4. The summed E-state index contributed by atoms with van der Waals surface area (Å²) in [5.74, 6) is 0.630. The first-order valence-electron chi connectivity index (χ1n) is 5.83. The first-order chi connectivity index (χ1) is 7.31. The average Bonchev–Trinajstić information content (AvgIpc) is 2.54. The van der Waals surface area contributed by atoms with Gasteiger partial charge in [0.15, 0.2) is 0 Å². The first-order valence-corrected chi connectivity index (χ1v) is 5.83. The Hall–Kier alpha value is -0.900. The Labute approximate surface area is 91.1 Å². The number of hydrogen-bond donors (Lipinski definition) is 1. The number of nitrogens with zero attached hydrogens (tertiary/aromatic N) is 3. The van der Waals surface area contributed by atoms with Crippen LogP contribution in [0.5, 0.6) is 0 Å². The molecule has 1 fully saturated rings. The predicted octanol–water partition coefficient (Wildman–Crippen LogP) is 1.45. The van der Waals surface area contributed by atoms with Crippen molar-refractivity contribution in [2.45, 2.75) is 44.1 Å². The first kappa shape index (κ1) is 10.6. The minimum absolute atomic E-state index is 0.630. The van der Waals surface area contributed by atoms with E-state index in [1.165, 1.54) is 37.8 Å². The predicted molar refractivity (Wildman–Crippen MR) is 59.7 cm³/mol. The largest absolute Gasteiger partial charge is 0.317 e. The molecule has 15 heavy (non-hydrogen) atoms. The van der Waals surface area contributed by atoms with E-state index in [0.29, 0.717) is 12.0 Å². The van der Waals surface area contributed by atoms with Crippen LogP contribution in [-0.2, 0) is 7.05 Å². The smallest absolute Gasteiger partial charge is 0.0727 e. The molecule has 0 aromatic carbocycles. The molecular weight excluding hydrogens is 188 g/mol. The lowest BCUT2D eigenvalue weighted by molar-refractivity contribution is 0.456. The van der Waals surface area contributed by atoms with Crippen molar-refractivity contribution in [3.8, 4) is 0 Å². The van der Waals surface area contributed by atoms with Gasteiger partial charge in [-0.1, -0.05) is 18.1 Å². The van der Waals surface area contributed by atoms with Crippen LogP contribution in [0.1, 0.15) is 43.7 Å². The van der Waals surface area contributed by atoms with E-state index in [2.05, 4.69) is 22.7 Å². The quantitative estimate of drug-likeness (QED) is 0.748. The van der Waals surface area contributed by atoms with Crippen LogP contribution >= 0.6 is 0 Å². The van der Waals surface area contributed by atoms with Crippen LogP contribution in [0.25, 0.3) is 0 Å². The van der Waals surface area contributed by atoms with E-state index in [0.717, 1.165) is 0 Å². The normalized spacial score (nSPS) is 27.6. The van der Waals surface area contributed by atoms with E-state index in [1.807, 2.05) is 17.9 Å². The van der Waals surface area contributed by atoms with Crippen molar-refractivity contribution in [1.29, 1.82) is 0 Å². The van der Waals surface area contributed by atoms with Gasteiger partial charge in [-0.25, -0.2) is 0 Å². The lowest BCUT2D eigenvalue weighted by Gasteiger charge is -2.19. The van der Waals surface area contributed by atoms with Crippen molar-refractivity contribution in [3.05, 3.63) is 11.9 Å². The van der Waals surface area contributed by atoms with Crippen LogP contribution in [0.15, 0.2) is 6.20 Å². The van der Waals surface area contributed by atoms with E-state index < -0.39 is 0 Å². The highest BCUT2D eigenvalue weighted by Gasteiger charge is 2.22. The maximum absolute atomic E-state index is 4.02. The number of aromatic nitrogens is 3. The second-order valence-electron chi connectivity index (χ2n) is 4.49. The molecule has 2 unspecified atom stereocenters. The third-order valence-corrected chi connectivity index (χ3v) is 3.50. The molecule has 2 rings (SSSR count). The van der Waals surface area contributed by atoms with Crippen LogP contribution in [0.3, 0.4) is 0 Å². The van der Waals surface area contributed by atoms with Crippen molar-refractivity contribution in [1.82, 2.24) is 20.3 Å². The topological polar surface area (TPSA) is 42.7 Å². The highest BCUT2D eigenvalue weighted by Crippen LogP contribution is 2.30. The zero-order valence-electron chi connectivity index (χ0n) is 9.61. The molecule has 0 bridgehead atoms. The minimum Gasteiger partial charge on any atom is -0.317 e. The van der Waals surface area contributed by atoms with E-state index in [-0.39, 0.29) is 0 Å². The summed E-state index contributed by atoms with van der Waals surface area (Å²) in [6.07, 6.45) is 8.39. The second kappa shape index (κ2) is 4.75. The lowest BCUT2D eigenvalue weighted by Crippen LogP contribution is -2.26. The zero-order chi connectivity index (χ0) is 10.7. The summed E-state index contributed by atoms with van der Waals surface area (Å²) in [4.78, 5) is 0. The van der Waals surface area contributed by atoms with Crippen LogP contribution < -0.4 is 5.32 Å². The molecule has 4 nitrogen and oxygen atoms in total. The third kappa shape index (κ3) is 2.37. The van der Waals surface area contributed by atoms with E-state index in [4.69, 9.17) is 0 Å². The van der Waals surface area contributed by atoms with Crippen LogP contribution in [0, 0.1) is 0 Å². The summed E-state index contributed by atoms with van der Waals surface area (Å²) in [6.45, 7) is 0. The number of rotatable bonds is 2. The van der Waals surface area contributed by atoms with Gasteiger partial charge < -0.3 is 5.32 Å². The van der Waals surface area contributed by atoms with Gasteiger partial charge in [0, 0.05) is 19.0 Å². The summed E-state index contributed by atoms with van der Waals surface area (Å²) in [5.41, 5.74) is 1.29. The molecule has 1 aromatic rings. The van der Waals surface area contributed by atoms with Gasteiger partial charge in [0.1, 0.15) is 0 Å². The standard InChI is InChI=1S/C11H20N4/c1-12-10-6-4-3-5-9(7-10)11-8-13-14-15(11)2/h8-10,12H,3-7H2,1-2H3. The third-order valence-electron chi connectivity index (χ3n) is 3.50. The molecule has 2 atom stereocenters. The minimum atomic E-state index is 0.630. The van der Waals surface area contributed by atoms with Gasteiger partial charge in [-0.05, 0) is 26.3 Å². The fourth-order valence-electron chi connectivity index (χ4n) is 2.56. The second-order valence-corrected chi connectivity index (χ2v) is 4.49. The Morgan fingerprint density at radius 1 is 1.40 bits per heavy atom. The summed E-state index contributed by atoms with van der Waals surface area (Å²) >= 11 is 0. The van der Waals surface area contributed by atoms with Crippen LogP contribution in [-0.4, -0.2) is 28.1 Å². The van der Waals surface area contributed by atoms with Gasteiger partial charge in [0.05, 0.1) is 11.9 Å². The Morgan fingerprint density at radius 2 is 2.20 bits per heavy atom. The van der Waals surface area contributed by atoms with E-state index in [1.54, 1.807) is 0 Å². The van der Waals surface area contributed by atoms with Gasteiger partial charge in [-0.3, -0.25) is 4.68 Å². The molecule has 84 valence electrons. The summed E-state index contributed by atoms with van der Waals surface area (Å²) < 4.78 is 1.92. The van der Waals surface area contributed by atoms with Gasteiger partial charge >= 0.3 is 0 Å². The van der Waals surface area contributed by atoms with E-state index >= 15 is 0 Å². The molecule has 1 aliphatic carbocycles. The summed E-state index contributed by atoms with van der Waals surface area (Å²) in [7, 11) is 4.05. The summed E-state index contributed by atoms with van der Waals surface area (Å²) in [6, 6.07) is 0.660. The monoisotopic (exact) mass is 208 g/mol. The molecule has 1 heterocycles. The van der Waals surface area contributed by atoms with Gasteiger partial charge in [-0.2, -0.15) is 0 Å². The molecule has 4 heteroatoms. The molecule has 0 aliphatic heterocycles. The lowest BCUT2D eigenvalue weighted by atomic mass is 9.95. The molecule has 1 aliphatic rings. The van der Waals surface area contributed by atoms with Crippen molar-refractivity contribution < 1.29 is 0 Å². The molecule has 0 spiro atoms. The molecule has 0 radical (unpaired) electrons. The van der Waals surface area contributed by atoms with Gasteiger partial charge in [-0.15, -0.1) is 5.10 Å². The van der Waals surface area contributed by atoms with Gasteiger partial charge in [0.2, 0.25) is 0 Å². The highest BCUT2D eigenvalue weighted by molar-refractivity contribution is 5.04. The molecule has 0 saturated heterocycles. The van der Waals surface area contributed by atoms with Crippen molar-refractivity contribution in [2.75, 3.05) is 7.05 Å². The molecule has 1 aromatic heterocycles. The Morgan fingerprint density at radius 3 is 2.87 bits per heavy atom. The fourth-order valence-corrected chi connectivity index (χ4v) is 2.56.